The average Bonchev–Trinajstić information content (AvgIpc) is 3.22. The van der Waals surface area contributed by atoms with Crippen molar-refractivity contribution in [3.05, 3.63) is 0 Å². The zero-order chi connectivity index (χ0) is 15.0. The summed E-state index contributed by atoms with van der Waals surface area (Å²) in [5, 5.41) is 12.1. The van der Waals surface area contributed by atoms with Crippen LogP contribution >= 0.6 is 11.8 Å². The molecule has 2 heterocycles. The van der Waals surface area contributed by atoms with E-state index in [1.165, 1.54) is 0 Å². The Morgan fingerprint density at radius 1 is 1.29 bits per heavy atom. The van der Waals surface area contributed by atoms with Gasteiger partial charge in [-0.3, -0.25) is 9.69 Å². The lowest BCUT2D eigenvalue weighted by molar-refractivity contribution is -0.141. The van der Waals surface area contributed by atoms with E-state index in [4.69, 9.17) is 0 Å². The zero-order valence-corrected chi connectivity index (χ0v) is 12.5. The van der Waals surface area contributed by atoms with E-state index in [0.29, 0.717) is 31.3 Å². The number of urea groups is 1. The normalized spacial score (nSPS) is 30.0. The molecule has 1 saturated carbocycles. The largest absolute Gasteiger partial charge is 0.480 e. The van der Waals surface area contributed by atoms with Crippen molar-refractivity contribution in [2.24, 2.45) is 5.92 Å². The van der Waals surface area contributed by atoms with Gasteiger partial charge in [-0.05, 0) is 18.8 Å². The minimum absolute atomic E-state index is 0.0227. The Kier molecular flexibility index (Phi) is 3.97. The van der Waals surface area contributed by atoms with Crippen LogP contribution in [0.5, 0.6) is 0 Å². The first-order chi connectivity index (χ1) is 10.1. The summed E-state index contributed by atoms with van der Waals surface area (Å²) in [6, 6.07) is -0.985. The molecule has 2 aliphatic heterocycles. The average molecular weight is 313 g/mol. The van der Waals surface area contributed by atoms with Crippen LogP contribution in [-0.4, -0.2) is 69.6 Å². The maximum atomic E-state index is 12.8. The molecule has 0 aromatic heterocycles. The Labute approximate surface area is 127 Å². The van der Waals surface area contributed by atoms with Crippen LogP contribution < -0.4 is 5.32 Å². The summed E-state index contributed by atoms with van der Waals surface area (Å²) in [5.41, 5.74) is 0. The molecule has 0 radical (unpaired) electrons. The maximum absolute atomic E-state index is 12.8. The molecule has 3 rings (SSSR count). The number of carboxylic acid groups (broad SMARTS) is 1. The highest BCUT2D eigenvalue weighted by molar-refractivity contribution is 8.00. The van der Waals surface area contributed by atoms with Gasteiger partial charge in [0.05, 0.1) is 5.37 Å². The number of carboxylic acids is 1. The molecule has 2 N–H and O–H groups in total. The summed E-state index contributed by atoms with van der Waals surface area (Å²) in [6.07, 6.45) is 2.40. The monoisotopic (exact) mass is 313 g/mol. The highest BCUT2D eigenvalue weighted by Crippen LogP contribution is 2.45. The van der Waals surface area contributed by atoms with Crippen LogP contribution in [0.15, 0.2) is 0 Å². The standard InChI is InChI=1S/C13H19N3O4S/c17-10-3-5-15(6-4-14-10)13(20)16-9(12(18)19)7-21-11(16)8-1-2-8/h8-9,11H,1-7H2,(H,14,17)(H,18,19). The Hall–Kier alpha value is -1.44. The zero-order valence-electron chi connectivity index (χ0n) is 11.7. The van der Waals surface area contributed by atoms with Crippen molar-refractivity contribution in [1.29, 1.82) is 0 Å². The van der Waals surface area contributed by atoms with Gasteiger partial charge in [0.1, 0.15) is 6.04 Å². The van der Waals surface area contributed by atoms with Crippen molar-refractivity contribution in [2.75, 3.05) is 25.4 Å². The smallest absolute Gasteiger partial charge is 0.327 e. The lowest BCUT2D eigenvalue weighted by Crippen LogP contribution is -2.52. The van der Waals surface area contributed by atoms with Gasteiger partial charge < -0.3 is 15.3 Å². The molecule has 3 amide bonds. The van der Waals surface area contributed by atoms with Gasteiger partial charge in [0.25, 0.3) is 0 Å². The summed E-state index contributed by atoms with van der Waals surface area (Å²) in [6.45, 7) is 1.22. The highest BCUT2D eigenvalue weighted by Gasteiger charge is 2.49. The number of carbonyl (C=O) groups excluding carboxylic acids is 2. The molecule has 2 saturated heterocycles. The first kappa shape index (κ1) is 14.5. The molecule has 3 fully saturated rings. The molecular weight excluding hydrogens is 294 g/mol. The van der Waals surface area contributed by atoms with Gasteiger partial charge in [0.15, 0.2) is 0 Å². The fourth-order valence-electron chi connectivity index (χ4n) is 2.83. The van der Waals surface area contributed by atoms with Gasteiger partial charge in [-0.15, -0.1) is 11.8 Å². The third-order valence-electron chi connectivity index (χ3n) is 4.15. The van der Waals surface area contributed by atoms with Crippen LogP contribution in [0.1, 0.15) is 19.3 Å². The van der Waals surface area contributed by atoms with E-state index in [-0.39, 0.29) is 23.7 Å². The molecule has 0 aromatic carbocycles. The lowest BCUT2D eigenvalue weighted by Gasteiger charge is -2.32. The summed E-state index contributed by atoms with van der Waals surface area (Å²) in [5.74, 6) is -0.125. The minimum atomic E-state index is -0.942. The van der Waals surface area contributed by atoms with E-state index in [9.17, 15) is 19.5 Å². The second-order valence-corrected chi connectivity index (χ2v) is 6.84. The first-order valence-corrected chi connectivity index (χ1v) is 8.31. The fourth-order valence-corrected chi connectivity index (χ4v) is 4.45. The summed E-state index contributed by atoms with van der Waals surface area (Å²) in [7, 11) is 0. The van der Waals surface area contributed by atoms with E-state index in [1.54, 1.807) is 21.6 Å². The van der Waals surface area contributed by atoms with Crippen LogP contribution in [0.25, 0.3) is 0 Å². The molecule has 3 aliphatic rings. The minimum Gasteiger partial charge on any atom is -0.480 e. The van der Waals surface area contributed by atoms with Gasteiger partial charge in [-0.2, -0.15) is 0 Å². The molecule has 0 aromatic rings. The Bertz CT molecular complexity index is 468. The van der Waals surface area contributed by atoms with Crippen LogP contribution in [0.2, 0.25) is 0 Å². The van der Waals surface area contributed by atoms with Gasteiger partial charge in [0.2, 0.25) is 5.91 Å². The van der Waals surface area contributed by atoms with Crippen molar-refractivity contribution in [1.82, 2.24) is 15.1 Å². The van der Waals surface area contributed by atoms with Crippen LogP contribution in [0.4, 0.5) is 4.79 Å². The number of nitrogens with one attached hydrogen (secondary N) is 1. The van der Waals surface area contributed by atoms with E-state index >= 15 is 0 Å². The highest BCUT2D eigenvalue weighted by atomic mass is 32.2. The van der Waals surface area contributed by atoms with Crippen LogP contribution in [-0.2, 0) is 9.59 Å². The number of nitrogens with zero attached hydrogens (tertiary/aromatic N) is 2. The molecule has 116 valence electrons. The number of amides is 3. The summed E-state index contributed by atoms with van der Waals surface area (Å²) >= 11 is 1.57. The van der Waals surface area contributed by atoms with Crippen LogP contribution in [0, 0.1) is 5.92 Å². The fraction of sp³-hybridized carbons (Fsp3) is 0.769. The SMILES string of the molecule is O=C1CCN(C(=O)N2C(C(=O)O)CSC2C2CC2)CCN1. The molecule has 1 aliphatic carbocycles. The molecule has 0 spiro atoms. The predicted molar refractivity (Wildman–Crippen MR) is 76.8 cm³/mol. The van der Waals surface area contributed by atoms with Gasteiger partial charge in [-0.1, -0.05) is 0 Å². The van der Waals surface area contributed by atoms with E-state index in [0.717, 1.165) is 12.8 Å². The van der Waals surface area contributed by atoms with Crippen LogP contribution in [0.3, 0.4) is 0 Å². The number of hydrogen-bond acceptors (Lipinski definition) is 4. The van der Waals surface area contributed by atoms with E-state index < -0.39 is 12.0 Å². The Morgan fingerprint density at radius 2 is 2.05 bits per heavy atom. The number of aliphatic carboxylic acids is 1. The summed E-state index contributed by atoms with van der Waals surface area (Å²) in [4.78, 5) is 38.7. The summed E-state index contributed by atoms with van der Waals surface area (Å²) < 4.78 is 0. The number of thioether (sulfide) groups is 1. The first-order valence-electron chi connectivity index (χ1n) is 7.26. The van der Waals surface area contributed by atoms with E-state index in [1.807, 2.05) is 0 Å². The van der Waals surface area contributed by atoms with Gasteiger partial charge in [-0.25, -0.2) is 9.59 Å². The van der Waals surface area contributed by atoms with Crippen molar-refractivity contribution in [3.8, 4) is 0 Å². The second kappa shape index (κ2) is 5.75. The van der Waals surface area contributed by atoms with Gasteiger partial charge in [0, 0.05) is 31.8 Å². The predicted octanol–water partition coefficient (Wildman–Crippen LogP) is 0.166. The number of hydrogen-bond donors (Lipinski definition) is 2. The van der Waals surface area contributed by atoms with Crippen molar-refractivity contribution in [2.45, 2.75) is 30.7 Å². The van der Waals surface area contributed by atoms with Crippen molar-refractivity contribution in [3.63, 3.8) is 0 Å². The number of carbonyl (C=O) groups is 3. The third-order valence-corrected chi connectivity index (χ3v) is 5.61. The molecule has 21 heavy (non-hydrogen) atoms. The number of rotatable bonds is 2. The second-order valence-electron chi connectivity index (χ2n) is 5.69. The molecule has 8 heteroatoms. The lowest BCUT2D eigenvalue weighted by atomic mass is 10.2. The van der Waals surface area contributed by atoms with Gasteiger partial charge >= 0.3 is 12.0 Å². The molecule has 2 atom stereocenters. The van der Waals surface area contributed by atoms with Crippen molar-refractivity contribution >= 4 is 29.7 Å². The van der Waals surface area contributed by atoms with Crippen molar-refractivity contribution < 1.29 is 19.5 Å². The van der Waals surface area contributed by atoms with E-state index in [2.05, 4.69) is 5.32 Å². The Morgan fingerprint density at radius 3 is 2.71 bits per heavy atom. The maximum Gasteiger partial charge on any atom is 0.327 e. The topological polar surface area (TPSA) is 90.0 Å². The molecular formula is C13H19N3O4S. The third kappa shape index (κ3) is 2.95. The Balaban J connectivity index is 1.75. The molecule has 7 nitrogen and oxygen atoms in total. The molecule has 0 bridgehead atoms. The quantitative estimate of drug-likeness (QED) is 0.758. The molecule has 2 unspecified atom stereocenters.